The Hall–Kier alpha value is -3.73. The zero-order valence-electron chi connectivity index (χ0n) is 14.7. The highest BCUT2D eigenvalue weighted by Gasteiger charge is 2.11. The second-order valence-electron chi connectivity index (χ2n) is 5.95. The van der Waals surface area contributed by atoms with Gasteiger partial charge in [-0.15, -0.1) is 0 Å². The Kier molecular flexibility index (Phi) is 4.49. The quantitative estimate of drug-likeness (QED) is 0.556. The van der Waals surface area contributed by atoms with Crippen LogP contribution in [-0.2, 0) is 0 Å². The molecule has 0 fully saturated rings. The number of fused-ring (bicyclic) bond motifs is 1. The van der Waals surface area contributed by atoms with Crippen LogP contribution in [0, 0.1) is 0 Å². The first-order valence-corrected chi connectivity index (χ1v) is 8.50. The maximum Gasteiger partial charge on any atom is 0.266 e. The third-order valence-corrected chi connectivity index (χ3v) is 4.22. The molecule has 0 spiro atoms. The summed E-state index contributed by atoms with van der Waals surface area (Å²) in [7, 11) is 1.60. The van der Waals surface area contributed by atoms with Crippen LogP contribution in [0.25, 0.3) is 28.7 Å². The van der Waals surface area contributed by atoms with Crippen molar-refractivity contribution < 1.29 is 4.74 Å². The number of benzene rings is 2. The molecule has 0 saturated heterocycles. The average molecular weight is 355 g/mol. The van der Waals surface area contributed by atoms with Crippen molar-refractivity contribution in [2.45, 2.75) is 0 Å². The Bertz CT molecular complexity index is 1180. The van der Waals surface area contributed by atoms with Crippen molar-refractivity contribution in [3.63, 3.8) is 0 Å². The van der Waals surface area contributed by atoms with Gasteiger partial charge in [-0.2, -0.15) is 0 Å². The molecule has 27 heavy (non-hydrogen) atoms. The number of methoxy groups -OCH3 is 1. The lowest BCUT2D eigenvalue weighted by Crippen LogP contribution is -2.22. The summed E-state index contributed by atoms with van der Waals surface area (Å²) < 4.78 is 6.91. The highest BCUT2D eigenvalue weighted by Crippen LogP contribution is 2.19. The summed E-state index contributed by atoms with van der Waals surface area (Å²) in [6.07, 6.45) is 7.19. The van der Waals surface area contributed by atoms with Gasteiger partial charge in [0.15, 0.2) is 0 Å². The fraction of sp³-hybridized carbons (Fsp3) is 0.0455. The second-order valence-corrected chi connectivity index (χ2v) is 5.95. The van der Waals surface area contributed by atoms with Crippen molar-refractivity contribution in [3.05, 3.63) is 94.8 Å². The third-order valence-electron chi connectivity index (χ3n) is 4.22. The van der Waals surface area contributed by atoms with E-state index in [1.807, 2.05) is 66.7 Å². The summed E-state index contributed by atoms with van der Waals surface area (Å²) >= 11 is 0. The third kappa shape index (κ3) is 3.35. The Morgan fingerprint density at radius 2 is 1.89 bits per heavy atom. The van der Waals surface area contributed by atoms with E-state index in [9.17, 15) is 4.79 Å². The van der Waals surface area contributed by atoms with Gasteiger partial charge in [0.05, 0.1) is 23.7 Å². The van der Waals surface area contributed by atoms with Crippen LogP contribution in [0.3, 0.4) is 0 Å². The number of ether oxygens (including phenoxy) is 1. The minimum absolute atomic E-state index is 0.125. The standard InChI is InChI=1S/C22H17N3O2/c1-27-18-8-4-7-17(14-18)25-21(12-11-16-6-5-13-23-15-16)24-20-10-3-2-9-19(20)22(25)26/h2-15H,1H3. The van der Waals surface area contributed by atoms with Crippen molar-refractivity contribution in [3.8, 4) is 11.4 Å². The average Bonchev–Trinajstić information content (AvgIpc) is 2.73. The molecule has 0 N–H and O–H groups in total. The number of hydrogen-bond acceptors (Lipinski definition) is 4. The first kappa shape index (κ1) is 16.7. The van der Waals surface area contributed by atoms with E-state index in [2.05, 4.69) is 4.98 Å². The Morgan fingerprint density at radius 1 is 1.00 bits per heavy atom. The van der Waals surface area contributed by atoms with E-state index in [4.69, 9.17) is 9.72 Å². The van der Waals surface area contributed by atoms with Crippen LogP contribution >= 0.6 is 0 Å². The van der Waals surface area contributed by atoms with Crippen molar-refractivity contribution in [1.82, 2.24) is 14.5 Å². The monoisotopic (exact) mass is 355 g/mol. The Balaban J connectivity index is 1.95. The van der Waals surface area contributed by atoms with Gasteiger partial charge >= 0.3 is 0 Å². The summed E-state index contributed by atoms with van der Waals surface area (Å²) in [5.41, 5.74) is 2.16. The fourth-order valence-electron chi connectivity index (χ4n) is 2.91. The number of rotatable bonds is 4. The van der Waals surface area contributed by atoms with Gasteiger partial charge in [-0.05, 0) is 48.0 Å². The van der Waals surface area contributed by atoms with Gasteiger partial charge in [-0.3, -0.25) is 14.3 Å². The summed E-state index contributed by atoms with van der Waals surface area (Å²) in [5, 5.41) is 0.568. The van der Waals surface area contributed by atoms with E-state index in [1.165, 1.54) is 0 Å². The van der Waals surface area contributed by atoms with Crippen LogP contribution in [-0.4, -0.2) is 21.6 Å². The highest BCUT2D eigenvalue weighted by atomic mass is 16.5. The van der Waals surface area contributed by atoms with Crippen LogP contribution in [0.5, 0.6) is 5.75 Å². The summed E-state index contributed by atoms with van der Waals surface area (Å²) in [4.78, 5) is 22.0. The molecule has 0 amide bonds. The van der Waals surface area contributed by atoms with E-state index < -0.39 is 0 Å². The van der Waals surface area contributed by atoms with Crippen LogP contribution in [0.4, 0.5) is 0 Å². The Morgan fingerprint density at radius 3 is 2.70 bits per heavy atom. The normalized spacial score (nSPS) is 11.1. The van der Waals surface area contributed by atoms with E-state index in [0.29, 0.717) is 28.2 Å². The second kappa shape index (κ2) is 7.25. The molecule has 0 atom stereocenters. The van der Waals surface area contributed by atoms with Crippen LogP contribution in [0.2, 0.25) is 0 Å². The molecule has 0 aliphatic carbocycles. The minimum Gasteiger partial charge on any atom is -0.497 e. The van der Waals surface area contributed by atoms with Crippen LogP contribution in [0.1, 0.15) is 11.4 Å². The first-order valence-electron chi connectivity index (χ1n) is 8.50. The lowest BCUT2D eigenvalue weighted by atomic mass is 10.2. The molecule has 4 rings (SSSR count). The molecule has 2 aromatic carbocycles. The largest absolute Gasteiger partial charge is 0.497 e. The predicted octanol–water partition coefficient (Wildman–Crippen LogP) is 3.96. The molecule has 132 valence electrons. The van der Waals surface area contributed by atoms with E-state index in [0.717, 1.165) is 5.56 Å². The fourth-order valence-corrected chi connectivity index (χ4v) is 2.91. The molecule has 0 aliphatic rings. The molecule has 2 heterocycles. The van der Waals surface area contributed by atoms with Gasteiger partial charge in [0, 0.05) is 18.5 Å². The van der Waals surface area contributed by atoms with Crippen molar-refractivity contribution in [1.29, 1.82) is 0 Å². The van der Waals surface area contributed by atoms with Gasteiger partial charge in [-0.25, -0.2) is 4.98 Å². The van der Waals surface area contributed by atoms with Gasteiger partial charge in [-0.1, -0.05) is 24.3 Å². The number of hydrogen-bond donors (Lipinski definition) is 0. The maximum atomic E-state index is 13.2. The summed E-state index contributed by atoms with van der Waals surface area (Å²) in [6.45, 7) is 0. The molecule has 5 heteroatoms. The van der Waals surface area contributed by atoms with Gasteiger partial charge in [0.25, 0.3) is 5.56 Å². The molecule has 0 unspecified atom stereocenters. The Labute approximate surface area is 156 Å². The SMILES string of the molecule is COc1cccc(-n2c(C=Cc3cccnc3)nc3ccccc3c2=O)c1. The number of aromatic nitrogens is 3. The van der Waals surface area contributed by atoms with E-state index in [1.54, 1.807) is 30.1 Å². The lowest BCUT2D eigenvalue weighted by molar-refractivity contribution is 0.414. The molecule has 0 bridgehead atoms. The first-order chi connectivity index (χ1) is 13.3. The topological polar surface area (TPSA) is 57.0 Å². The van der Waals surface area contributed by atoms with E-state index in [-0.39, 0.29) is 5.56 Å². The summed E-state index contributed by atoms with van der Waals surface area (Å²) in [5.74, 6) is 1.21. The molecule has 0 saturated carbocycles. The molecule has 4 aromatic rings. The number of pyridine rings is 1. The van der Waals surface area contributed by atoms with Crippen LogP contribution in [0.15, 0.2) is 77.9 Å². The number of para-hydroxylation sites is 1. The van der Waals surface area contributed by atoms with Crippen molar-refractivity contribution in [2.75, 3.05) is 7.11 Å². The van der Waals surface area contributed by atoms with Crippen molar-refractivity contribution in [2.24, 2.45) is 0 Å². The molecule has 2 aromatic heterocycles. The minimum atomic E-state index is -0.125. The molecule has 0 radical (unpaired) electrons. The van der Waals surface area contributed by atoms with E-state index >= 15 is 0 Å². The zero-order chi connectivity index (χ0) is 18.6. The smallest absolute Gasteiger partial charge is 0.266 e. The van der Waals surface area contributed by atoms with Gasteiger partial charge < -0.3 is 4.74 Å². The summed E-state index contributed by atoms with van der Waals surface area (Å²) in [6, 6.07) is 18.5. The van der Waals surface area contributed by atoms with Crippen LogP contribution < -0.4 is 10.3 Å². The van der Waals surface area contributed by atoms with Gasteiger partial charge in [0.2, 0.25) is 0 Å². The molecule has 5 nitrogen and oxygen atoms in total. The molecular formula is C22H17N3O2. The lowest BCUT2D eigenvalue weighted by Gasteiger charge is -2.12. The predicted molar refractivity (Wildman–Crippen MR) is 107 cm³/mol. The van der Waals surface area contributed by atoms with Crippen molar-refractivity contribution >= 4 is 23.1 Å². The highest BCUT2D eigenvalue weighted by molar-refractivity contribution is 5.80. The zero-order valence-corrected chi connectivity index (χ0v) is 14.7. The number of nitrogens with zero attached hydrogens (tertiary/aromatic N) is 3. The molecular weight excluding hydrogens is 338 g/mol. The maximum absolute atomic E-state index is 13.2. The van der Waals surface area contributed by atoms with Gasteiger partial charge in [0.1, 0.15) is 11.6 Å². The molecule has 0 aliphatic heterocycles.